The van der Waals surface area contributed by atoms with E-state index in [2.05, 4.69) is 25.7 Å². The van der Waals surface area contributed by atoms with E-state index in [1.54, 1.807) is 31.2 Å². The lowest BCUT2D eigenvalue weighted by atomic mass is 9.95. The second kappa shape index (κ2) is 9.50. The van der Waals surface area contributed by atoms with Gasteiger partial charge < -0.3 is 15.0 Å². The Morgan fingerprint density at radius 2 is 1.93 bits per heavy atom. The first-order valence-electron chi connectivity index (χ1n) is 9.49. The zero-order valence-electron chi connectivity index (χ0n) is 16.1. The number of rotatable bonds is 6. The third-order valence-electron chi connectivity index (χ3n) is 4.73. The van der Waals surface area contributed by atoms with Gasteiger partial charge in [-0.1, -0.05) is 42.7 Å². The quantitative estimate of drug-likeness (QED) is 0.704. The molecule has 1 heterocycles. The number of hydrogen-bond donors (Lipinski definition) is 2. The van der Waals surface area contributed by atoms with Crippen LogP contribution >= 0.6 is 11.3 Å². The van der Waals surface area contributed by atoms with Gasteiger partial charge in [0.15, 0.2) is 0 Å². The minimum atomic E-state index is -0.486. The third-order valence-corrected chi connectivity index (χ3v) is 5.66. The minimum absolute atomic E-state index is 0.265. The van der Waals surface area contributed by atoms with Crippen LogP contribution in [0, 0.1) is 0 Å². The highest BCUT2D eigenvalue weighted by molar-refractivity contribution is 7.19. The molecule has 28 heavy (non-hydrogen) atoms. The summed E-state index contributed by atoms with van der Waals surface area (Å²) in [7, 11) is 2.02. The molecule has 1 aliphatic carbocycles. The molecule has 150 valence electrons. The summed E-state index contributed by atoms with van der Waals surface area (Å²) in [6.45, 7) is 2.00. The highest BCUT2D eigenvalue weighted by Gasteiger charge is 2.21. The summed E-state index contributed by atoms with van der Waals surface area (Å²) in [5.74, 6) is -0.481. The van der Waals surface area contributed by atoms with Crippen LogP contribution in [0.2, 0.25) is 0 Å². The molecule has 0 radical (unpaired) electrons. The monoisotopic (exact) mass is 403 g/mol. The molecule has 1 aromatic carbocycles. The fourth-order valence-corrected chi connectivity index (χ4v) is 4.04. The molecular weight excluding hydrogens is 378 g/mol. The second-order valence-corrected chi connectivity index (χ2v) is 7.59. The van der Waals surface area contributed by atoms with Crippen LogP contribution in [-0.2, 0) is 4.74 Å². The summed E-state index contributed by atoms with van der Waals surface area (Å²) < 4.78 is 5.02. The zero-order valence-corrected chi connectivity index (χ0v) is 16.9. The molecule has 1 fully saturated rings. The number of para-hydroxylation sites is 1. The van der Waals surface area contributed by atoms with Crippen molar-refractivity contribution in [2.75, 3.05) is 29.2 Å². The lowest BCUT2D eigenvalue weighted by Crippen LogP contribution is -2.33. The number of carbonyl (C=O) groups is 2. The standard InChI is InChI=1S/C19H25N5O3S/c1-3-27-16(25)14-11-7-8-12-15(14)20-17(26)21-18-22-23-19(28-18)24(2)13-9-5-4-6-10-13/h7-8,11-13H,3-6,9-10H2,1-2H3,(H2,20,21,22,26). The minimum Gasteiger partial charge on any atom is -0.462 e. The number of hydrogen-bond acceptors (Lipinski definition) is 7. The summed E-state index contributed by atoms with van der Waals surface area (Å²) in [6.07, 6.45) is 6.08. The van der Waals surface area contributed by atoms with E-state index in [1.165, 1.54) is 30.6 Å². The predicted octanol–water partition coefficient (Wildman–Crippen LogP) is 4.13. The van der Waals surface area contributed by atoms with Gasteiger partial charge in [0.1, 0.15) is 0 Å². The number of amides is 2. The summed E-state index contributed by atoms with van der Waals surface area (Å²) >= 11 is 1.33. The lowest BCUT2D eigenvalue weighted by molar-refractivity contribution is 0.0527. The molecule has 8 nitrogen and oxygen atoms in total. The number of nitrogens with one attached hydrogen (secondary N) is 2. The van der Waals surface area contributed by atoms with Crippen molar-refractivity contribution in [2.24, 2.45) is 0 Å². The molecule has 1 saturated carbocycles. The van der Waals surface area contributed by atoms with E-state index < -0.39 is 12.0 Å². The topological polar surface area (TPSA) is 96.4 Å². The van der Waals surface area contributed by atoms with Crippen molar-refractivity contribution < 1.29 is 14.3 Å². The maximum Gasteiger partial charge on any atom is 0.340 e. The molecule has 9 heteroatoms. The van der Waals surface area contributed by atoms with Crippen molar-refractivity contribution in [1.82, 2.24) is 10.2 Å². The zero-order chi connectivity index (χ0) is 19.9. The van der Waals surface area contributed by atoms with E-state index in [1.807, 2.05) is 7.05 Å². The molecule has 2 aromatic rings. The van der Waals surface area contributed by atoms with Crippen molar-refractivity contribution >= 4 is 39.3 Å². The van der Waals surface area contributed by atoms with Gasteiger partial charge in [0.2, 0.25) is 10.3 Å². The van der Waals surface area contributed by atoms with Crippen molar-refractivity contribution in [2.45, 2.75) is 45.1 Å². The first-order valence-corrected chi connectivity index (χ1v) is 10.3. The average Bonchev–Trinajstić information content (AvgIpc) is 3.17. The van der Waals surface area contributed by atoms with Gasteiger partial charge in [0.05, 0.1) is 17.9 Å². The van der Waals surface area contributed by atoms with Gasteiger partial charge in [0.25, 0.3) is 0 Å². The highest BCUT2D eigenvalue weighted by Crippen LogP contribution is 2.30. The van der Waals surface area contributed by atoms with Crippen molar-refractivity contribution in [1.29, 1.82) is 0 Å². The molecule has 0 atom stereocenters. The van der Waals surface area contributed by atoms with Crippen molar-refractivity contribution in [3.05, 3.63) is 29.8 Å². The SMILES string of the molecule is CCOC(=O)c1ccccc1NC(=O)Nc1nnc(N(C)C2CCCCC2)s1. The number of esters is 1. The fraction of sp³-hybridized carbons (Fsp3) is 0.474. The first-order chi connectivity index (χ1) is 13.6. The molecule has 1 aromatic heterocycles. The molecule has 0 bridgehead atoms. The normalized spacial score (nSPS) is 14.4. The van der Waals surface area contributed by atoms with E-state index in [-0.39, 0.29) is 6.61 Å². The number of carbonyl (C=O) groups excluding carboxylic acids is 2. The Balaban J connectivity index is 1.62. The smallest absolute Gasteiger partial charge is 0.340 e. The predicted molar refractivity (Wildman–Crippen MR) is 110 cm³/mol. The molecule has 2 amide bonds. The second-order valence-electron chi connectivity index (χ2n) is 6.64. The van der Waals surface area contributed by atoms with Crippen LogP contribution in [0.25, 0.3) is 0 Å². The summed E-state index contributed by atoms with van der Waals surface area (Å²) in [4.78, 5) is 26.5. The molecule has 3 rings (SSSR count). The number of nitrogens with zero attached hydrogens (tertiary/aromatic N) is 3. The molecule has 0 saturated heterocycles. The van der Waals surface area contributed by atoms with Gasteiger partial charge >= 0.3 is 12.0 Å². The van der Waals surface area contributed by atoms with E-state index in [9.17, 15) is 9.59 Å². The Hall–Kier alpha value is -2.68. The maximum absolute atomic E-state index is 12.3. The van der Waals surface area contributed by atoms with Crippen LogP contribution in [0.3, 0.4) is 0 Å². The van der Waals surface area contributed by atoms with Gasteiger partial charge in [-0.05, 0) is 31.9 Å². The number of ether oxygens (including phenoxy) is 1. The van der Waals surface area contributed by atoms with Crippen LogP contribution < -0.4 is 15.5 Å². The summed E-state index contributed by atoms with van der Waals surface area (Å²) in [5.41, 5.74) is 0.678. The number of benzene rings is 1. The fourth-order valence-electron chi connectivity index (χ4n) is 3.26. The Labute approximate surface area is 168 Å². The summed E-state index contributed by atoms with van der Waals surface area (Å²) in [6, 6.07) is 6.69. The van der Waals surface area contributed by atoms with Crippen molar-refractivity contribution in [3.63, 3.8) is 0 Å². The first kappa shape index (κ1) is 20.1. The van der Waals surface area contributed by atoms with Gasteiger partial charge in [-0.15, -0.1) is 10.2 Å². The van der Waals surface area contributed by atoms with Gasteiger partial charge in [-0.25, -0.2) is 9.59 Å². The molecule has 0 unspecified atom stereocenters. The van der Waals surface area contributed by atoms with E-state index in [0.717, 1.165) is 18.0 Å². The third kappa shape index (κ3) is 4.98. The largest absolute Gasteiger partial charge is 0.462 e. The Bertz CT molecular complexity index is 819. The van der Waals surface area contributed by atoms with E-state index in [0.29, 0.717) is 22.4 Å². The Kier molecular flexibility index (Phi) is 6.80. The van der Waals surface area contributed by atoms with Gasteiger partial charge in [-0.2, -0.15) is 0 Å². The van der Waals surface area contributed by atoms with E-state index >= 15 is 0 Å². The van der Waals surface area contributed by atoms with Crippen LogP contribution in [-0.4, -0.2) is 41.9 Å². The molecular formula is C19H25N5O3S. The molecule has 2 N–H and O–H groups in total. The number of anilines is 3. The number of aromatic nitrogens is 2. The van der Waals surface area contributed by atoms with Gasteiger partial charge in [0, 0.05) is 13.1 Å². The number of urea groups is 1. The van der Waals surface area contributed by atoms with Gasteiger partial charge in [-0.3, -0.25) is 5.32 Å². The Morgan fingerprint density at radius 1 is 1.18 bits per heavy atom. The highest BCUT2D eigenvalue weighted by atomic mass is 32.1. The molecule has 0 spiro atoms. The Morgan fingerprint density at radius 3 is 2.68 bits per heavy atom. The van der Waals surface area contributed by atoms with Crippen LogP contribution in [0.4, 0.5) is 20.7 Å². The van der Waals surface area contributed by atoms with Crippen LogP contribution in [0.5, 0.6) is 0 Å². The lowest BCUT2D eigenvalue weighted by Gasteiger charge is -2.30. The maximum atomic E-state index is 12.3. The molecule has 1 aliphatic rings. The van der Waals surface area contributed by atoms with Crippen LogP contribution in [0.15, 0.2) is 24.3 Å². The van der Waals surface area contributed by atoms with Crippen LogP contribution in [0.1, 0.15) is 49.4 Å². The van der Waals surface area contributed by atoms with Crippen molar-refractivity contribution in [3.8, 4) is 0 Å². The summed E-state index contributed by atoms with van der Waals surface area (Å²) in [5, 5.41) is 14.8. The molecule has 0 aliphatic heterocycles. The average molecular weight is 404 g/mol. The van der Waals surface area contributed by atoms with E-state index in [4.69, 9.17) is 4.74 Å².